The van der Waals surface area contributed by atoms with Crippen LogP contribution in [0.4, 0.5) is 0 Å². The van der Waals surface area contributed by atoms with Crippen LogP contribution in [0, 0.1) is 0 Å². The van der Waals surface area contributed by atoms with Crippen LogP contribution in [-0.4, -0.2) is 34.9 Å². The Morgan fingerprint density at radius 2 is 0.619 bits per heavy atom. The first-order valence-corrected chi connectivity index (χ1v) is 13.5. The minimum absolute atomic E-state index is 0.718. The van der Waals surface area contributed by atoms with Crippen molar-refractivity contribution in [1.29, 1.82) is 0 Å². The summed E-state index contributed by atoms with van der Waals surface area (Å²) in [6, 6.07) is 33.6. The number of rotatable bonds is 6. The smallest absolute Gasteiger partial charge is 0.0901 e. The van der Waals surface area contributed by atoms with E-state index in [1.165, 1.54) is 0 Å². The van der Waals surface area contributed by atoms with Crippen molar-refractivity contribution in [3.8, 4) is 67.8 Å². The van der Waals surface area contributed by atoms with Gasteiger partial charge in [0.1, 0.15) is 0 Å². The van der Waals surface area contributed by atoms with Gasteiger partial charge in [0, 0.05) is 59.4 Å². The molecule has 0 amide bonds. The molecule has 0 aliphatic rings. The van der Waals surface area contributed by atoms with E-state index < -0.39 is 0 Å². The molecule has 0 unspecified atom stereocenters. The molecule has 0 aromatic carbocycles. The highest BCUT2D eigenvalue weighted by atomic mass is 14.8. The zero-order chi connectivity index (χ0) is 28.1. The summed E-state index contributed by atoms with van der Waals surface area (Å²) >= 11 is 0. The molecule has 0 saturated heterocycles. The minimum Gasteiger partial charge on any atom is -0.264 e. The highest BCUT2D eigenvalue weighted by molar-refractivity contribution is 5.76. The summed E-state index contributed by atoms with van der Waals surface area (Å²) in [5, 5.41) is 0. The van der Waals surface area contributed by atoms with Gasteiger partial charge < -0.3 is 0 Å². The molecule has 7 rings (SSSR count). The van der Waals surface area contributed by atoms with Gasteiger partial charge in [-0.2, -0.15) is 0 Å². The molecule has 7 heterocycles. The Balaban J connectivity index is 1.38. The van der Waals surface area contributed by atoms with E-state index in [4.69, 9.17) is 19.9 Å². The first kappa shape index (κ1) is 25.0. The molecule has 0 aliphatic heterocycles. The summed E-state index contributed by atoms with van der Waals surface area (Å²) < 4.78 is 0. The molecule has 0 spiro atoms. The molecule has 0 fully saturated rings. The van der Waals surface area contributed by atoms with E-state index in [0.717, 1.165) is 67.8 Å². The first-order chi connectivity index (χ1) is 20.8. The van der Waals surface area contributed by atoms with Crippen LogP contribution in [0.1, 0.15) is 0 Å². The van der Waals surface area contributed by atoms with Gasteiger partial charge in [-0.05, 0) is 84.9 Å². The van der Waals surface area contributed by atoms with Crippen LogP contribution in [0.25, 0.3) is 67.8 Å². The maximum absolute atomic E-state index is 5.06. The Hall–Kier alpha value is -5.95. The Labute approximate surface area is 242 Å². The van der Waals surface area contributed by atoms with Crippen molar-refractivity contribution < 1.29 is 0 Å². The SMILES string of the molecule is c1cncc(-c2cccc(-c3cc(-c4cccc(-c5cccnc5)n4)nc(-c4cccc(-c5cccnc5)n4)c3)n2)c1. The maximum atomic E-state index is 5.06. The van der Waals surface area contributed by atoms with Gasteiger partial charge in [0.05, 0.1) is 45.6 Å². The lowest BCUT2D eigenvalue weighted by Gasteiger charge is -2.11. The van der Waals surface area contributed by atoms with Crippen molar-refractivity contribution >= 4 is 0 Å². The molecule has 7 aromatic heterocycles. The molecule has 7 aromatic rings. The quantitative estimate of drug-likeness (QED) is 0.216. The predicted octanol–water partition coefficient (Wildman–Crippen LogP) is 7.45. The summed E-state index contributed by atoms with van der Waals surface area (Å²) in [6.07, 6.45) is 10.7. The highest BCUT2D eigenvalue weighted by Crippen LogP contribution is 2.31. The molecule has 0 saturated carbocycles. The summed E-state index contributed by atoms with van der Waals surface area (Å²) in [5.74, 6) is 0. The molecule has 0 aliphatic carbocycles. The minimum atomic E-state index is 0.718. The van der Waals surface area contributed by atoms with E-state index in [-0.39, 0.29) is 0 Å². The fraction of sp³-hybridized carbons (Fsp3) is 0. The van der Waals surface area contributed by atoms with Gasteiger partial charge in [-0.25, -0.2) is 19.9 Å². The van der Waals surface area contributed by atoms with Crippen molar-refractivity contribution in [1.82, 2.24) is 34.9 Å². The number of aromatic nitrogens is 7. The third-order valence-electron chi connectivity index (χ3n) is 6.77. The molecule has 198 valence electrons. The average Bonchev–Trinajstić information content (AvgIpc) is 3.09. The van der Waals surface area contributed by atoms with Crippen molar-refractivity contribution in [3.63, 3.8) is 0 Å². The lowest BCUT2D eigenvalue weighted by molar-refractivity contribution is 1.21. The first-order valence-electron chi connectivity index (χ1n) is 13.5. The van der Waals surface area contributed by atoms with E-state index in [9.17, 15) is 0 Å². The van der Waals surface area contributed by atoms with Crippen LogP contribution >= 0.6 is 0 Å². The lowest BCUT2D eigenvalue weighted by atomic mass is 10.0. The number of nitrogens with zero attached hydrogens (tertiary/aromatic N) is 7. The van der Waals surface area contributed by atoms with Crippen molar-refractivity contribution in [2.24, 2.45) is 0 Å². The molecular weight excluding hydrogens is 518 g/mol. The van der Waals surface area contributed by atoms with Crippen molar-refractivity contribution in [2.75, 3.05) is 0 Å². The number of hydrogen-bond donors (Lipinski definition) is 0. The standard InChI is InChI=1S/C35H23N7/c1-10-28(24-7-4-16-36-21-24)39-31(13-1)27-19-34(32-14-2-11-29(40-32)25-8-5-17-37-22-25)42-35(20-27)33-15-3-12-30(41-33)26-9-6-18-38-23-26/h1-23H. The number of hydrogen-bond acceptors (Lipinski definition) is 7. The molecule has 0 radical (unpaired) electrons. The van der Waals surface area contributed by atoms with Crippen LogP contribution in [0.3, 0.4) is 0 Å². The molecule has 7 heteroatoms. The monoisotopic (exact) mass is 541 g/mol. The Morgan fingerprint density at radius 1 is 0.286 bits per heavy atom. The molecule has 7 nitrogen and oxygen atoms in total. The molecule has 0 N–H and O–H groups in total. The van der Waals surface area contributed by atoms with Gasteiger partial charge >= 0.3 is 0 Å². The Bertz CT molecular complexity index is 1740. The predicted molar refractivity (Wildman–Crippen MR) is 164 cm³/mol. The topological polar surface area (TPSA) is 90.2 Å². The number of pyridine rings is 7. The van der Waals surface area contributed by atoms with Gasteiger partial charge in [-0.3, -0.25) is 15.0 Å². The molecule has 42 heavy (non-hydrogen) atoms. The fourth-order valence-corrected chi connectivity index (χ4v) is 4.72. The Kier molecular flexibility index (Phi) is 6.72. The van der Waals surface area contributed by atoms with E-state index >= 15 is 0 Å². The third-order valence-corrected chi connectivity index (χ3v) is 6.77. The fourth-order valence-electron chi connectivity index (χ4n) is 4.72. The lowest BCUT2D eigenvalue weighted by Crippen LogP contribution is -1.97. The highest BCUT2D eigenvalue weighted by Gasteiger charge is 2.14. The Morgan fingerprint density at radius 3 is 1.00 bits per heavy atom. The van der Waals surface area contributed by atoms with E-state index in [0.29, 0.717) is 0 Å². The van der Waals surface area contributed by atoms with Crippen LogP contribution in [0.2, 0.25) is 0 Å². The second-order valence-electron chi connectivity index (χ2n) is 9.58. The zero-order valence-corrected chi connectivity index (χ0v) is 22.4. The normalized spacial score (nSPS) is 10.9. The van der Waals surface area contributed by atoms with Gasteiger partial charge in [0.15, 0.2) is 0 Å². The summed E-state index contributed by atoms with van der Waals surface area (Å²) in [7, 11) is 0. The second-order valence-corrected chi connectivity index (χ2v) is 9.58. The summed E-state index contributed by atoms with van der Waals surface area (Å²) in [5.41, 5.74) is 9.95. The third kappa shape index (κ3) is 5.26. The second kappa shape index (κ2) is 11.3. The average molecular weight is 542 g/mol. The van der Waals surface area contributed by atoms with Crippen molar-refractivity contribution in [2.45, 2.75) is 0 Å². The molecule has 0 bridgehead atoms. The van der Waals surface area contributed by atoms with Crippen LogP contribution in [0.5, 0.6) is 0 Å². The van der Waals surface area contributed by atoms with E-state index in [1.807, 2.05) is 122 Å². The van der Waals surface area contributed by atoms with E-state index in [1.54, 1.807) is 18.6 Å². The van der Waals surface area contributed by atoms with Crippen LogP contribution in [-0.2, 0) is 0 Å². The van der Waals surface area contributed by atoms with E-state index in [2.05, 4.69) is 15.0 Å². The van der Waals surface area contributed by atoms with Gasteiger partial charge in [-0.15, -0.1) is 0 Å². The molecular formula is C35H23N7. The van der Waals surface area contributed by atoms with Gasteiger partial charge in [0.2, 0.25) is 0 Å². The summed E-state index contributed by atoms with van der Waals surface area (Å²) in [6.45, 7) is 0. The van der Waals surface area contributed by atoms with Gasteiger partial charge in [-0.1, -0.05) is 18.2 Å². The largest absolute Gasteiger partial charge is 0.264 e. The zero-order valence-electron chi connectivity index (χ0n) is 22.4. The molecule has 0 atom stereocenters. The van der Waals surface area contributed by atoms with Crippen molar-refractivity contribution in [3.05, 3.63) is 140 Å². The van der Waals surface area contributed by atoms with Crippen LogP contribution < -0.4 is 0 Å². The summed E-state index contributed by atoms with van der Waals surface area (Å²) in [4.78, 5) is 32.7. The maximum Gasteiger partial charge on any atom is 0.0901 e. The van der Waals surface area contributed by atoms with Crippen LogP contribution in [0.15, 0.2) is 140 Å². The van der Waals surface area contributed by atoms with Gasteiger partial charge in [0.25, 0.3) is 0 Å².